The first-order chi connectivity index (χ1) is 21.1. The van der Waals surface area contributed by atoms with Gasteiger partial charge in [-0.3, -0.25) is 14.5 Å². The predicted molar refractivity (Wildman–Crippen MR) is 170 cm³/mol. The lowest BCUT2D eigenvalue weighted by Crippen LogP contribution is -2.53. The molecule has 1 N–H and O–H groups in total. The minimum Gasteiger partial charge on any atom is -0.474 e. The van der Waals surface area contributed by atoms with Gasteiger partial charge in [-0.15, -0.1) is 0 Å². The minimum absolute atomic E-state index is 0.155. The summed E-state index contributed by atoms with van der Waals surface area (Å²) in [6.07, 6.45) is 8.60. The summed E-state index contributed by atoms with van der Waals surface area (Å²) in [6.45, 7) is 10.3. The van der Waals surface area contributed by atoms with Gasteiger partial charge in [0, 0.05) is 36.9 Å². The smallest absolute Gasteiger partial charge is 0.278 e. The van der Waals surface area contributed by atoms with Crippen LogP contribution in [-0.2, 0) is 23.3 Å². The molecule has 0 unspecified atom stereocenters. The number of amides is 1. The number of allylic oxidation sites excluding steroid dienone is 2. The number of carbonyl (C=O) groups is 1. The van der Waals surface area contributed by atoms with Gasteiger partial charge in [0.25, 0.3) is 11.5 Å². The first kappa shape index (κ1) is 28.3. The highest BCUT2D eigenvalue weighted by Crippen LogP contribution is 2.52. The summed E-state index contributed by atoms with van der Waals surface area (Å²) in [5.74, 6) is 1.63. The number of aromatic nitrogens is 5. The SMILES string of the molecule is C/C=C\Cn1c(=O)c2cnc(Nc3ccc4c(c3)CN(C)CC43CC3)nc2n1-c1ccc2c(n1)N(CCC)C(=O)C(C)(C)O2. The number of pyridine rings is 1. The highest BCUT2D eigenvalue weighted by Gasteiger charge is 2.48. The van der Waals surface area contributed by atoms with Crippen LogP contribution in [0.5, 0.6) is 5.75 Å². The first-order valence-electron chi connectivity index (χ1n) is 15.4. The van der Waals surface area contributed by atoms with E-state index in [-0.39, 0.29) is 11.5 Å². The molecule has 1 saturated carbocycles. The predicted octanol–water partition coefficient (Wildman–Crippen LogP) is 4.69. The summed E-state index contributed by atoms with van der Waals surface area (Å²) in [5, 5.41) is 3.75. The van der Waals surface area contributed by atoms with Crippen LogP contribution in [0.1, 0.15) is 58.1 Å². The van der Waals surface area contributed by atoms with E-state index >= 15 is 0 Å². The fourth-order valence-electron chi connectivity index (χ4n) is 6.65. The normalized spacial score (nSPS) is 18.5. The van der Waals surface area contributed by atoms with E-state index in [1.54, 1.807) is 40.4 Å². The van der Waals surface area contributed by atoms with E-state index in [0.29, 0.717) is 52.9 Å². The fourth-order valence-corrected chi connectivity index (χ4v) is 6.65. The van der Waals surface area contributed by atoms with E-state index in [1.165, 1.54) is 24.0 Å². The van der Waals surface area contributed by atoms with Gasteiger partial charge in [0.1, 0.15) is 5.39 Å². The molecule has 1 aromatic carbocycles. The van der Waals surface area contributed by atoms with Gasteiger partial charge in [-0.05, 0) is 82.5 Å². The van der Waals surface area contributed by atoms with Gasteiger partial charge in [-0.2, -0.15) is 4.98 Å². The maximum atomic E-state index is 13.6. The number of fused-ring (bicyclic) bond motifs is 4. The lowest BCUT2D eigenvalue weighted by atomic mass is 9.87. The molecule has 1 spiro atoms. The Bertz CT molecular complexity index is 1880. The Balaban J connectivity index is 1.32. The average molecular weight is 595 g/mol. The molecule has 3 aliphatic rings. The van der Waals surface area contributed by atoms with Crippen molar-refractivity contribution in [3.8, 4) is 11.6 Å². The number of carbonyl (C=O) groups excluding carboxylic acids is 1. The molecule has 1 fully saturated rings. The highest BCUT2D eigenvalue weighted by atomic mass is 16.5. The molecule has 11 nitrogen and oxygen atoms in total. The molecule has 0 saturated heterocycles. The molecule has 7 rings (SSSR count). The van der Waals surface area contributed by atoms with E-state index in [4.69, 9.17) is 14.7 Å². The van der Waals surface area contributed by atoms with Crippen LogP contribution in [0.3, 0.4) is 0 Å². The van der Waals surface area contributed by atoms with Gasteiger partial charge in [0.05, 0.1) is 6.54 Å². The number of hydrogen-bond acceptors (Lipinski definition) is 8. The van der Waals surface area contributed by atoms with Gasteiger partial charge in [-0.1, -0.05) is 25.1 Å². The van der Waals surface area contributed by atoms with Gasteiger partial charge < -0.3 is 15.0 Å². The third-order valence-corrected chi connectivity index (χ3v) is 8.86. The Hall–Kier alpha value is -4.51. The lowest BCUT2D eigenvalue weighted by molar-refractivity contribution is -0.132. The molecule has 11 heteroatoms. The Kier molecular flexibility index (Phi) is 6.61. The highest BCUT2D eigenvalue weighted by molar-refractivity contribution is 6.01. The van der Waals surface area contributed by atoms with Crippen LogP contribution in [0.25, 0.3) is 16.9 Å². The molecule has 44 heavy (non-hydrogen) atoms. The van der Waals surface area contributed by atoms with Crippen LogP contribution in [0.15, 0.2) is 53.5 Å². The quantitative estimate of drug-likeness (QED) is 0.307. The summed E-state index contributed by atoms with van der Waals surface area (Å²) in [5.41, 5.74) is 3.18. The molecule has 1 aliphatic carbocycles. The molecule has 0 radical (unpaired) electrons. The summed E-state index contributed by atoms with van der Waals surface area (Å²) < 4.78 is 9.34. The van der Waals surface area contributed by atoms with Crippen molar-refractivity contribution in [3.63, 3.8) is 0 Å². The number of hydrogen-bond donors (Lipinski definition) is 1. The molecule has 228 valence electrons. The van der Waals surface area contributed by atoms with Gasteiger partial charge in [0.2, 0.25) is 5.95 Å². The number of nitrogens with one attached hydrogen (secondary N) is 1. The number of rotatable bonds is 7. The van der Waals surface area contributed by atoms with Crippen LogP contribution < -0.4 is 20.5 Å². The molecule has 5 heterocycles. The zero-order valence-corrected chi connectivity index (χ0v) is 25.9. The Morgan fingerprint density at radius 3 is 2.68 bits per heavy atom. The van der Waals surface area contributed by atoms with Crippen LogP contribution in [0, 0.1) is 0 Å². The van der Waals surface area contributed by atoms with Crippen LogP contribution in [0.4, 0.5) is 17.5 Å². The molecular weight excluding hydrogens is 556 g/mol. The van der Waals surface area contributed by atoms with Crippen molar-refractivity contribution in [3.05, 3.63) is 70.2 Å². The van der Waals surface area contributed by atoms with Gasteiger partial charge in [-0.25, -0.2) is 19.3 Å². The van der Waals surface area contributed by atoms with E-state index < -0.39 is 5.60 Å². The Morgan fingerprint density at radius 1 is 1.11 bits per heavy atom. The standard InChI is InChI=1S/C33H38N8O3/c1-6-8-16-40-29(42)23-18-34-31(35-22-9-10-24-21(17-22)19-38(5)20-33(24)13-14-33)37-27(23)41(40)26-12-11-25-28(36-26)39(15-7-2)30(43)32(3,4)44-25/h6,8-12,17-18H,7,13-16,19-20H2,1-5H3,(H,34,35,37)/b8-6-. The second-order valence-corrected chi connectivity index (χ2v) is 12.7. The van der Waals surface area contributed by atoms with Crippen molar-refractivity contribution in [1.82, 2.24) is 29.2 Å². The maximum absolute atomic E-state index is 13.6. The van der Waals surface area contributed by atoms with Crippen molar-refractivity contribution < 1.29 is 9.53 Å². The third-order valence-electron chi connectivity index (χ3n) is 8.86. The maximum Gasteiger partial charge on any atom is 0.278 e. The van der Waals surface area contributed by atoms with Crippen molar-refractivity contribution in [2.45, 2.75) is 71.1 Å². The van der Waals surface area contributed by atoms with Gasteiger partial charge >= 0.3 is 0 Å². The van der Waals surface area contributed by atoms with Crippen LogP contribution in [-0.4, -0.2) is 60.9 Å². The largest absolute Gasteiger partial charge is 0.474 e. The molecule has 2 aliphatic heterocycles. The third kappa shape index (κ3) is 4.57. The molecule has 1 amide bonds. The van der Waals surface area contributed by atoms with E-state index in [1.807, 2.05) is 32.1 Å². The lowest BCUT2D eigenvalue weighted by Gasteiger charge is -2.38. The van der Waals surface area contributed by atoms with E-state index in [2.05, 4.69) is 40.4 Å². The van der Waals surface area contributed by atoms with E-state index in [9.17, 15) is 9.59 Å². The molecular formula is C33H38N8O3. The molecule has 3 aromatic heterocycles. The van der Waals surface area contributed by atoms with E-state index in [0.717, 1.165) is 25.2 Å². The van der Waals surface area contributed by atoms with Crippen LogP contribution >= 0.6 is 0 Å². The molecule has 4 aromatic rings. The summed E-state index contributed by atoms with van der Waals surface area (Å²) in [6, 6.07) is 10.1. The fraction of sp³-hybridized carbons (Fsp3) is 0.424. The number of benzene rings is 1. The second-order valence-electron chi connectivity index (χ2n) is 12.7. The van der Waals surface area contributed by atoms with Gasteiger partial charge in [0.15, 0.2) is 28.6 Å². The second kappa shape index (κ2) is 10.3. The summed E-state index contributed by atoms with van der Waals surface area (Å²) >= 11 is 0. The zero-order chi connectivity index (χ0) is 30.8. The monoisotopic (exact) mass is 594 g/mol. The van der Waals surface area contributed by atoms with Crippen molar-refractivity contribution in [2.75, 3.05) is 30.4 Å². The minimum atomic E-state index is -1.00. The Labute approximate surface area is 256 Å². The number of ether oxygens (including phenoxy) is 1. The Morgan fingerprint density at radius 2 is 1.93 bits per heavy atom. The molecule has 0 bridgehead atoms. The number of likely N-dealkylation sites (N-methyl/N-ethyl adjacent to an activating group) is 1. The van der Waals surface area contributed by atoms with Crippen molar-refractivity contribution in [1.29, 1.82) is 0 Å². The summed E-state index contributed by atoms with van der Waals surface area (Å²) in [7, 11) is 2.18. The summed E-state index contributed by atoms with van der Waals surface area (Å²) in [4.78, 5) is 45.2. The van der Waals surface area contributed by atoms with Crippen molar-refractivity contribution >= 4 is 34.4 Å². The average Bonchev–Trinajstić information content (AvgIpc) is 3.69. The number of nitrogens with zero attached hydrogens (tertiary/aromatic N) is 7. The first-order valence-corrected chi connectivity index (χ1v) is 15.4. The van der Waals surface area contributed by atoms with Crippen LogP contribution in [0.2, 0.25) is 0 Å². The zero-order valence-electron chi connectivity index (χ0n) is 25.9. The topological polar surface area (TPSA) is 110 Å². The number of anilines is 3. The molecule has 0 atom stereocenters. The van der Waals surface area contributed by atoms with Crippen molar-refractivity contribution in [2.24, 2.45) is 0 Å².